The number of esters is 1. The zero-order valence-corrected chi connectivity index (χ0v) is 9.27. The van der Waals surface area contributed by atoms with Gasteiger partial charge in [0.15, 0.2) is 0 Å². The third-order valence-electron chi connectivity index (χ3n) is 2.08. The van der Waals surface area contributed by atoms with Crippen molar-refractivity contribution in [1.29, 1.82) is 0 Å². The fourth-order valence-corrected chi connectivity index (χ4v) is 1.25. The maximum absolute atomic E-state index is 12.8. The highest BCUT2D eigenvalue weighted by atomic mass is 19.1. The Kier molecular flexibility index (Phi) is 3.97. The van der Waals surface area contributed by atoms with Crippen molar-refractivity contribution in [2.75, 3.05) is 12.4 Å². The first-order valence-corrected chi connectivity index (χ1v) is 4.74. The van der Waals surface area contributed by atoms with E-state index < -0.39 is 28.4 Å². The normalized spacial score (nSPS) is 11.7. The molecule has 1 aromatic rings. The van der Waals surface area contributed by atoms with Crippen LogP contribution in [0.15, 0.2) is 18.2 Å². The van der Waals surface area contributed by atoms with E-state index in [1.807, 2.05) is 0 Å². The van der Waals surface area contributed by atoms with Crippen molar-refractivity contribution in [1.82, 2.24) is 0 Å². The molecule has 6 nitrogen and oxygen atoms in total. The molecule has 0 saturated heterocycles. The molecular formula is C10H11FN2O4. The second-order valence-corrected chi connectivity index (χ2v) is 3.31. The highest BCUT2D eigenvalue weighted by Gasteiger charge is 2.19. The number of rotatable bonds is 4. The van der Waals surface area contributed by atoms with E-state index in [-0.39, 0.29) is 5.69 Å². The van der Waals surface area contributed by atoms with Crippen LogP contribution in [-0.2, 0) is 9.53 Å². The van der Waals surface area contributed by atoms with Crippen LogP contribution in [0.2, 0.25) is 0 Å². The number of halogens is 1. The molecule has 0 heterocycles. The number of nitrogens with zero attached hydrogens (tertiary/aromatic N) is 1. The number of hydrogen-bond donors (Lipinski definition) is 1. The lowest BCUT2D eigenvalue weighted by molar-refractivity contribution is -0.384. The Morgan fingerprint density at radius 3 is 2.76 bits per heavy atom. The lowest BCUT2D eigenvalue weighted by Gasteiger charge is -2.12. The Hall–Kier alpha value is -2.18. The van der Waals surface area contributed by atoms with Crippen LogP contribution in [0.5, 0.6) is 0 Å². The topological polar surface area (TPSA) is 81.5 Å². The second-order valence-electron chi connectivity index (χ2n) is 3.31. The Labute approximate surface area is 96.5 Å². The number of anilines is 1. The number of methoxy groups -OCH3 is 1. The van der Waals surface area contributed by atoms with Crippen molar-refractivity contribution in [2.45, 2.75) is 13.0 Å². The molecule has 1 unspecified atom stereocenters. The molecule has 1 rings (SSSR count). The molecule has 0 aromatic heterocycles. The summed E-state index contributed by atoms with van der Waals surface area (Å²) in [4.78, 5) is 21.1. The summed E-state index contributed by atoms with van der Waals surface area (Å²) in [5.41, 5.74) is -0.366. The van der Waals surface area contributed by atoms with Gasteiger partial charge in [0.1, 0.15) is 17.5 Å². The first-order chi connectivity index (χ1) is 7.95. The third kappa shape index (κ3) is 3.13. The number of benzene rings is 1. The van der Waals surface area contributed by atoms with Gasteiger partial charge in [0.2, 0.25) is 0 Å². The minimum Gasteiger partial charge on any atom is -0.467 e. The van der Waals surface area contributed by atoms with E-state index in [1.54, 1.807) is 0 Å². The number of nitro groups is 1. The molecule has 0 aliphatic heterocycles. The fraction of sp³-hybridized carbons (Fsp3) is 0.300. The molecule has 1 atom stereocenters. The van der Waals surface area contributed by atoms with Crippen LogP contribution in [0.25, 0.3) is 0 Å². The smallest absolute Gasteiger partial charge is 0.327 e. The van der Waals surface area contributed by atoms with Crippen molar-refractivity contribution in [3.63, 3.8) is 0 Å². The molecule has 17 heavy (non-hydrogen) atoms. The highest BCUT2D eigenvalue weighted by Crippen LogP contribution is 2.25. The van der Waals surface area contributed by atoms with Gasteiger partial charge in [0.25, 0.3) is 5.69 Å². The number of carbonyl (C=O) groups excluding carboxylic acids is 1. The monoisotopic (exact) mass is 242 g/mol. The fourth-order valence-electron chi connectivity index (χ4n) is 1.25. The summed E-state index contributed by atoms with van der Waals surface area (Å²) in [6.07, 6.45) is 0. The van der Waals surface area contributed by atoms with E-state index in [0.717, 1.165) is 12.1 Å². The lowest BCUT2D eigenvalue weighted by atomic mass is 10.2. The van der Waals surface area contributed by atoms with Crippen molar-refractivity contribution in [2.24, 2.45) is 0 Å². The van der Waals surface area contributed by atoms with Gasteiger partial charge in [-0.25, -0.2) is 9.18 Å². The molecule has 0 saturated carbocycles. The van der Waals surface area contributed by atoms with E-state index in [0.29, 0.717) is 0 Å². The van der Waals surface area contributed by atoms with Crippen LogP contribution in [0.1, 0.15) is 6.92 Å². The summed E-state index contributed by atoms with van der Waals surface area (Å²) in [6, 6.07) is 2.29. The molecule has 7 heteroatoms. The summed E-state index contributed by atoms with van der Waals surface area (Å²) < 4.78 is 17.3. The summed E-state index contributed by atoms with van der Waals surface area (Å²) in [6.45, 7) is 1.49. The highest BCUT2D eigenvalue weighted by molar-refractivity contribution is 5.80. The first-order valence-electron chi connectivity index (χ1n) is 4.74. The van der Waals surface area contributed by atoms with Crippen LogP contribution < -0.4 is 5.32 Å². The minimum atomic E-state index is -0.760. The molecular weight excluding hydrogens is 231 g/mol. The SMILES string of the molecule is COC(=O)C(C)Nc1ccc(F)cc1[N+](=O)[O-]. The number of nitro benzene ring substituents is 1. The van der Waals surface area contributed by atoms with Crippen molar-refractivity contribution >= 4 is 17.3 Å². The average Bonchev–Trinajstić information content (AvgIpc) is 2.29. The Balaban J connectivity index is 2.98. The third-order valence-corrected chi connectivity index (χ3v) is 2.08. The Morgan fingerprint density at radius 1 is 1.59 bits per heavy atom. The zero-order chi connectivity index (χ0) is 13.0. The van der Waals surface area contributed by atoms with Gasteiger partial charge in [0.05, 0.1) is 18.1 Å². The van der Waals surface area contributed by atoms with E-state index in [9.17, 15) is 19.3 Å². The number of ether oxygens (including phenoxy) is 1. The largest absolute Gasteiger partial charge is 0.467 e. The van der Waals surface area contributed by atoms with Crippen molar-refractivity contribution in [3.05, 3.63) is 34.1 Å². The van der Waals surface area contributed by atoms with Gasteiger partial charge in [-0.3, -0.25) is 10.1 Å². The van der Waals surface area contributed by atoms with Gasteiger partial charge < -0.3 is 10.1 Å². The molecule has 0 aliphatic rings. The van der Waals surface area contributed by atoms with Crippen molar-refractivity contribution in [3.8, 4) is 0 Å². The maximum atomic E-state index is 12.8. The van der Waals surface area contributed by atoms with Crippen LogP contribution in [0.3, 0.4) is 0 Å². The maximum Gasteiger partial charge on any atom is 0.327 e. The summed E-state index contributed by atoms with van der Waals surface area (Å²) in [5.74, 6) is -1.28. The quantitative estimate of drug-likeness (QED) is 0.493. The average molecular weight is 242 g/mol. The van der Waals surface area contributed by atoms with Crippen molar-refractivity contribution < 1.29 is 18.8 Å². The lowest BCUT2D eigenvalue weighted by Crippen LogP contribution is -2.27. The van der Waals surface area contributed by atoms with Crippen LogP contribution >= 0.6 is 0 Å². The van der Waals surface area contributed by atoms with Gasteiger partial charge >= 0.3 is 5.97 Å². The van der Waals surface area contributed by atoms with E-state index >= 15 is 0 Å². The number of hydrogen-bond acceptors (Lipinski definition) is 5. The van der Waals surface area contributed by atoms with Gasteiger partial charge in [-0.2, -0.15) is 0 Å². The van der Waals surface area contributed by atoms with Gasteiger partial charge in [0, 0.05) is 0 Å². The molecule has 1 aromatic carbocycles. The summed E-state index contributed by atoms with van der Waals surface area (Å²) in [7, 11) is 1.21. The van der Waals surface area contributed by atoms with Gasteiger partial charge in [-0.15, -0.1) is 0 Å². The molecule has 0 amide bonds. The summed E-state index contributed by atoms with van der Waals surface area (Å²) in [5, 5.41) is 13.3. The Morgan fingerprint density at radius 2 is 2.24 bits per heavy atom. The van der Waals surface area contributed by atoms with Crippen LogP contribution in [0, 0.1) is 15.9 Å². The zero-order valence-electron chi connectivity index (χ0n) is 9.27. The number of carbonyl (C=O) groups is 1. The number of nitrogens with one attached hydrogen (secondary N) is 1. The molecule has 1 N–H and O–H groups in total. The van der Waals surface area contributed by atoms with Crippen LogP contribution in [-0.4, -0.2) is 24.0 Å². The van der Waals surface area contributed by atoms with E-state index in [4.69, 9.17) is 0 Å². The summed E-state index contributed by atoms with van der Waals surface area (Å²) >= 11 is 0. The molecule has 92 valence electrons. The minimum absolute atomic E-state index is 0.0642. The molecule has 0 fully saturated rings. The Bertz CT molecular complexity index is 450. The predicted octanol–water partition coefficient (Wildman–Crippen LogP) is 1.71. The van der Waals surface area contributed by atoms with E-state index in [2.05, 4.69) is 10.1 Å². The molecule has 0 spiro atoms. The molecule has 0 aliphatic carbocycles. The second kappa shape index (κ2) is 5.24. The first kappa shape index (κ1) is 12.9. The van der Waals surface area contributed by atoms with E-state index in [1.165, 1.54) is 20.1 Å². The standard InChI is InChI=1S/C10H11FN2O4/c1-6(10(14)17-2)12-8-4-3-7(11)5-9(8)13(15)16/h3-6,12H,1-2H3. The predicted molar refractivity (Wildman–Crippen MR) is 58.2 cm³/mol. The molecule has 0 bridgehead atoms. The molecule has 0 radical (unpaired) electrons. The van der Waals surface area contributed by atoms with Crippen LogP contribution in [0.4, 0.5) is 15.8 Å². The van der Waals surface area contributed by atoms with Gasteiger partial charge in [-0.1, -0.05) is 0 Å². The van der Waals surface area contributed by atoms with Gasteiger partial charge in [-0.05, 0) is 19.1 Å².